The zero-order valence-electron chi connectivity index (χ0n) is 11.7. The largest absolute Gasteiger partial charge is 0.437 e. The molecule has 1 aliphatic carbocycles. The van der Waals surface area contributed by atoms with Crippen molar-refractivity contribution in [2.24, 2.45) is 0 Å². The van der Waals surface area contributed by atoms with E-state index in [0.29, 0.717) is 29.6 Å². The third-order valence-corrected chi connectivity index (χ3v) is 3.84. The number of nitrogens with zero attached hydrogens (tertiary/aromatic N) is 1. The third-order valence-electron chi connectivity index (χ3n) is 3.84. The fourth-order valence-electron chi connectivity index (χ4n) is 2.32. The molecular weight excluding hydrogens is 262 g/mol. The van der Waals surface area contributed by atoms with Gasteiger partial charge in [-0.05, 0) is 18.9 Å². The van der Waals surface area contributed by atoms with Crippen LogP contribution in [0.4, 0.5) is 8.78 Å². The van der Waals surface area contributed by atoms with Gasteiger partial charge < -0.3 is 9.73 Å². The molecule has 1 aromatic heterocycles. The molecule has 1 aliphatic rings. The van der Waals surface area contributed by atoms with Gasteiger partial charge in [0.25, 0.3) is 0 Å². The smallest absolute Gasteiger partial charge is 0.203 e. The minimum absolute atomic E-state index is 0.0430. The summed E-state index contributed by atoms with van der Waals surface area (Å²) in [6.45, 7) is 4.13. The predicted octanol–water partition coefficient (Wildman–Crippen LogP) is 3.87. The van der Waals surface area contributed by atoms with Crippen LogP contribution in [0.15, 0.2) is 10.5 Å². The summed E-state index contributed by atoms with van der Waals surface area (Å²) >= 11 is 0. The van der Waals surface area contributed by atoms with Crippen LogP contribution in [0.3, 0.4) is 0 Å². The highest BCUT2D eigenvalue weighted by molar-refractivity contribution is 5.74. The highest BCUT2D eigenvalue weighted by Crippen LogP contribution is 2.27. The Morgan fingerprint density at radius 3 is 2.70 bits per heavy atom. The Kier molecular flexibility index (Phi) is 3.46. The quantitative estimate of drug-likeness (QED) is 0.923. The molecule has 0 amide bonds. The Morgan fingerprint density at radius 1 is 1.35 bits per heavy atom. The van der Waals surface area contributed by atoms with Crippen LogP contribution in [-0.2, 0) is 6.54 Å². The summed E-state index contributed by atoms with van der Waals surface area (Å²) in [6, 6.07) is 2.01. The number of aromatic nitrogens is 1. The lowest BCUT2D eigenvalue weighted by Crippen LogP contribution is -2.34. The van der Waals surface area contributed by atoms with E-state index < -0.39 is 11.6 Å². The first kappa shape index (κ1) is 13.5. The van der Waals surface area contributed by atoms with Gasteiger partial charge >= 0.3 is 0 Å². The fraction of sp³-hybridized carbons (Fsp3) is 0.533. The molecule has 1 fully saturated rings. The van der Waals surface area contributed by atoms with Gasteiger partial charge in [-0.3, -0.25) is 0 Å². The first-order chi connectivity index (χ1) is 9.56. The second-order valence-electron chi connectivity index (χ2n) is 5.73. The van der Waals surface area contributed by atoms with E-state index in [4.69, 9.17) is 4.42 Å². The number of fused-ring (bicyclic) bond motifs is 1. The average Bonchev–Trinajstić information content (AvgIpc) is 2.77. The summed E-state index contributed by atoms with van der Waals surface area (Å²) < 4.78 is 33.3. The second kappa shape index (κ2) is 5.13. The predicted molar refractivity (Wildman–Crippen MR) is 72.5 cm³/mol. The molecule has 20 heavy (non-hydrogen) atoms. The number of rotatable bonds is 4. The Morgan fingerprint density at radius 2 is 2.10 bits per heavy atom. The normalized spacial score (nSPS) is 16.1. The van der Waals surface area contributed by atoms with E-state index in [9.17, 15) is 8.78 Å². The van der Waals surface area contributed by atoms with Gasteiger partial charge in [0.2, 0.25) is 5.82 Å². The van der Waals surface area contributed by atoms with E-state index in [1.54, 1.807) is 6.07 Å². The van der Waals surface area contributed by atoms with Gasteiger partial charge in [0.05, 0.1) is 0 Å². The van der Waals surface area contributed by atoms with Crippen molar-refractivity contribution in [2.75, 3.05) is 0 Å². The van der Waals surface area contributed by atoms with E-state index in [0.717, 1.165) is 12.8 Å². The summed E-state index contributed by atoms with van der Waals surface area (Å²) in [5.41, 5.74) is 0.613. The van der Waals surface area contributed by atoms with Crippen LogP contribution in [-0.4, -0.2) is 11.0 Å². The SMILES string of the molecule is CC(C)c1nc2cc(CNC3CCC3)c(F)c(F)c2o1. The molecular formula is C15H18F2N2O. The maximum Gasteiger partial charge on any atom is 0.203 e. The average molecular weight is 280 g/mol. The molecule has 1 aromatic carbocycles. The van der Waals surface area contributed by atoms with Crippen molar-refractivity contribution in [3.63, 3.8) is 0 Å². The van der Waals surface area contributed by atoms with Crippen molar-refractivity contribution in [1.82, 2.24) is 10.3 Å². The zero-order chi connectivity index (χ0) is 14.3. The minimum atomic E-state index is -0.938. The van der Waals surface area contributed by atoms with Crippen LogP contribution in [0.2, 0.25) is 0 Å². The van der Waals surface area contributed by atoms with E-state index in [1.165, 1.54) is 6.42 Å². The number of hydrogen-bond donors (Lipinski definition) is 1. The van der Waals surface area contributed by atoms with Crippen LogP contribution in [0.25, 0.3) is 11.1 Å². The van der Waals surface area contributed by atoms with Crippen LogP contribution < -0.4 is 5.32 Å². The zero-order valence-corrected chi connectivity index (χ0v) is 11.7. The first-order valence-corrected chi connectivity index (χ1v) is 7.07. The van der Waals surface area contributed by atoms with Crippen LogP contribution in [0.5, 0.6) is 0 Å². The van der Waals surface area contributed by atoms with Gasteiger partial charge in [-0.1, -0.05) is 20.3 Å². The van der Waals surface area contributed by atoms with Gasteiger partial charge in [0.1, 0.15) is 5.52 Å². The summed E-state index contributed by atoms with van der Waals surface area (Å²) in [6.07, 6.45) is 3.41. The maximum atomic E-state index is 14.0. The summed E-state index contributed by atoms with van der Waals surface area (Å²) in [7, 11) is 0. The Labute approximate surface area is 116 Å². The number of halogens is 2. The lowest BCUT2D eigenvalue weighted by Gasteiger charge is -2.26. The number of benzene rings is 1. The van der Waals surface area contributed by atoms with Gasteiger partial charge in [-0.2, -0.15) is 4.39 Å². The maximum absolute atomic E-state index is 14.0. The molecule has 1 saturated carbocycles. The van der Waals surface area contributed by atoms with Gasteiger partial charge in [-0.25, -0.2) is 9.37 Å². The molecule has 1 N–H and O–H groups in total. The van der Waals surface area contributed by atoms with Gasteiger partial charge in [-0.15, -0.1) is 0 Å². The van der Waals surface area contributed by atoms with Crippen LogP contribution >= 0.6 is 0 Å². The van der Waals surface area contributed by atoms with E-state index in [-0.39, 0.29) is 11.5 Å². The van der Waals surface area contributed by atoms with Crippen molar-refractivity contribution in [2.45, 2.75) is 51.6 Å². The second-order valence-corrected chi connectivity index (χ2v) is 5.73. The third kappa shape index (κ3) is 2.30. The first-order valence-electron chi connectivity index (χ1n) is 7.07. The molecule has 5 heteroatoms. The molecule has 108 valence electrons. The summed E-state index contributed by atoms with van der Waals surface area (Å²) in [5, 5.41) is 3.23. The van der Waals surface area contributed by atoms with E-state index in [2.05, 4.69) is 10.3 Å². The summed E-state index contributed by atoms with van der Waals surface area (Å²) in [5.74, 6) is -1.30. The molecule has 3 nitrogen and oxygen atoms in total. The Balaban J connectivity index is 1.93. The Bertz CT molecular complexity index is 632. The van der Waals surface area contributed by atoms with Gasteiger partial charge in [0, 0.05) is 24.1 Å². The molecule has 0 bridgehead atoms. The summed E-state index contributed by atoms with van der Waals surface area (Å²) in [4.78, 5) is 4.23. The van der Waals surface area contributed by atoms with Gasteiger partial charge in [0.15, 0.2) is 17.3 Å². The lowest BCUT2D eigenvalue weighted by molar-refractivity contribution is 0.335. The number of nitrogens with one attached hydrogen (secondary N) is 1. The molecule has 0 aliphatic heterocycles. The van der Waals surface area contributed by atoms with Crippen molar-refractivity contribution >= 4 is 11.1 Å². The van der Waals surface area contributed by atoms with Crippen molar-refractivity contribution in [3.05, 3.63) is 29.2 Å². The molecule has 2 aromatic rings. The highest BCUT2D eigenvalue weighted by Gasteiger charge is 2.21. The number of hydrogen-bond acceptors (Lipinski definition) is 3. The lowest BCUT2D eigenvalue weighted by atomic mass is 9.93. The standard InChI is InChI=1S/C15H18F2N2O/c1-8(2)15-19-11-6-9(7-18-10-4-3-5-10)12(16)13(17)14(11)20-15/h6,8,10,18H,3-5,7H2,1-2H3. The molecule has 0 saturated heterocycles. The van der Waals surface area contributed by atoms with Crippen molar-refractivity contribution < 1.29 is 13.2 Å². The molecule has 1 heterocycles. The van der Waals surface area contributed by atoms with E-state index in [1.807, 2.05) is 13.8 Å². The molecule has 3 rings (SSSR count). The molecule has 0 unspecified atom stereocenters. The Hall–Kier alpha value is -1.49. The number of oxazole rings is 1. The van der Waals surface area contributed by atoms with Crippen molar-refractivity contribution in [1.29, 1.82) is 0 Å². The molecule has 0 atom stereocenters. The van der Waals surface area contributed by atoms with E-state index >= 15 is 0 Å². The van der Waals surface area contributed by atoms with Crippen LogP contribution in [0.1, 0.15) is 50.5 Å². The molecule has 0 spiro atoms. The van der Waals surface area contributed by atoms with Crippen LogP contribution in [0, 0.1) is 11.6 Å². The fourth-order valence-corrected chi connectivity index (χ4v) is 2.32. The van der Waals surface area contributed by atoms with Crippen molar-refractivity contribution in [3.8, 4) is 0 Å². The highest BCUT2D eigenvalue weighted by atomic mass is 19.2. The topological polar surface area (TPSA) is 38.1 Å². The monoisotopic (exact) mass is 280 g/mol. The molecule has 0 radical (unpaired) electrons. The minimum Gasteiger partial charge on any atom is -0.437 e.